The molecule has 0 saturated heterocycles. The molecule has 0 aliphatic heterocycles. The Hall–Kier alpha value is -1.81. The van der Waals surface area contributed by atoms with E-state index in [0.29, 0.717) is 24.0 Å². The van der Waals surface area contributed by atoms with Crippen molar-refractivity contribution in [3.05, 3.63) is 53.1 Å². The number of halogens is 1. The second kappa shape index (κ2) is 6.38. The molecule has 100 valence electrons. The summed E-state index contributed by atoms with van der Waals surface area (Å²) < 4.78 is 6.86. The number of esters is 1. The Morgan fingerprint density at radius 1 is 1.37 bits per heavy atom. The average molecular weight is 279 g/mol. The first kappa shape index (κ1) is 13.6. The number of aromatic nitrogens is 2. The van der Waals surface area contributed by atoms with Gasteiger partial charge in [-0.05, 0) is 24.6 Å². The fourth-order valence-corrected chi connectivity index (χ4v) is 1.90. The topological polar surface area (TPSA) is 44.1 Å². The van der Waals surface area contributed by atoms with E-state index in [1.165, 1.54) is 0 Å². The molecule has 0 atom stereocenters. The van der Waals surface area contributed by atoms with Crippen LogP contribution in [-0.2, 0) is 22.5 Å². The third-order valence-electron chi connectivity index (χ3n) is 2.68. The van der Waals surface area contributed by atoms with Gasteiger partial charge in [0.15, 0.2) is 0 Å². The molecule has 0 bridgehead atoms. The molecular weight excluding hydrogens is 264 g/mol. The van der Waals surface area contributed by atoms with Crippen LogP contribution in [0.2, 0.25) is 5.02 Å². The van der Waals surface area contributed by atoms with Crippen LogP contribution in [0.3, 0.4) is 0 Å². The van der Waals surface area contributed by atoms with E-state index in [-0.39, 0.29) is 12.4 Å². The molecule has 0 aliphatic carbocycles. The van der Waals surface area contributed by atoms with Crippen molar-refractivity contribution in [2.75, 3.05) is 6.61 Å². The van der Waals surface area contributed by atoms with Crippen LogP contribution in [0, 0.1) is 0 Å². The zero-order valence-corrected chi connectivity index (χ0v) is 11.4. The lowest BCUT2D eigenvalue weighted by Crippen LogP contribution is -2.13. The quantitative estimate of drug-likeness (QED) is 0.790. The van der Waals surface area contributed by atoms with E-state index in [2.05, 4.69) is 4.98 Å². The molecule has 0 saturated carbocycles. The van der Waals surface area contributed by atoms with Gasteiger partial charge in [-0.15, -0.1) is 0 Å². The summed E-state index contributed by atoms with van der Waals surface area (Å²) >= 11 is 5.85. The molecule has 2 aromatic rings. The van der Waals surface area contributed by atoms with Gasteiger partial charge in [0.05, 0.1) is 6.61 Å². The van der Waals surface area contributed by atoms with Crippen LogP contribution < -0.4 is 0 Å². The Morgan fingerprint density at radius 3 is 2.79 bits per heavy atom. The van der Waals surface area contributed by atoms with Gasteiger partial charge in [-0.3, -0.25) is 4.79 Å². The Morgan fingerprint density at radius 2 is 2.11 bits per heavy atom. The van der Waals surface area contributed by atoms with Crippen molar-refractivity contribution < 1.29 is 9.53 Å². The fourth-order valence-electron chi connectivity index (χ4n) is 1.78. The maximum atomic E-state index is 11.5. The molecule has 1 aromatic carbocycles. The van der Waals surface area contributed by atoms with Gasteiger partial charge in [0.2, 0.25) is 0 Å². The Bertz CT molecular complexity index is 549. The number of nitrogens with zero attached hydrogens (tertiary/aromatic N) is 2. The highest BCUT2D eigenvalue weighted by molar-refractivity contribution is 6.30. The van der Waals surface area contributed by atoms with Crippen LogP contribution in [0.1, 0.15) is 18.3 Å². The average Bonchev–Trinajstić information content (AvgIpc) is 2.80. The van der Waals surface area contributed by atoms with Crippen LogP contribution in [-0.4, -0.2) is 22.1 Å². The normalized spacial score (nSPS) is 10.4. The number of benzene rings is 1. The van der Waals surface area contributed by atoms with Crippen molar-refractivity contribution in [1.29, 1.82) is 0 Å². The number of ether oxygens (including phenoxy) is 1. The van der Waals surface area contributed by atoms with E-state index < -0.39 is 0 Å². The lowest BCUT2D eigenvalue weighted by molar-refractivity contribution is -0.142. The molecule has 4 nitrogen and oxygen atoms in total. The molecule has 1 aromatic heterocycles. The molecule has 0 N–H and O–H groups in total. The summed E-state index contributed by atoms with van der Waals surface area (Å²) in [5.74, 6) is 0.444. The molecule has 1 heterocycles. The summed E-state index contributed by atoms with van der Waals surface area (Å²) in [5.41, 5.74) is 1.10. The number of rotatable bonds is 5. The number of hydrogen-bond acceptors (Lipinski definition) is 3. The lowest BCUT2D eigenvalue weighted by atomic mass is 10.2. The molecule has 5 heteroatoms. The zero-order valence-electron chi connectivity index (χ0n) is 10.7. The summed E-state index contributed by atoms with van der Waals surface area (Å²) in [6.45, 7) is 2.83. The van der Waals surface area contributed by atoms with E-state index in [1.807, 2.05) is 35.0 Å². The van der Waals surface area contributed by atoms with E-state index in [9.17, 15) is 4.79 Å². The highest BCUT2D eigenvalue weighted by atomic mass is 35.5. The zero-order chi connectivity index (χ0) is 13.7. The third kappa shape index (κ3) is 3.83. The predicted molar refractivity (Wildman–Crippen MR) is 73.1 cm³/mol. The van der Waals surface area contributed by atoms with Crippen LogP contribution in [0.15, 0.2) is 36.7 Å². The fraction of sp³-hybridized carbons (Fsp3) is 0.286. The maximum absolute atomic E-state index is 11.5. The van der Waals surface area contributed by atoms with E-state index in [1.54, 1.807) is 13.1 Å². The summed E-state index contributed by atoms with van der Waals surface area (Å²) in [6.07, 6.45) is 3.72. The molecule has 0 radical (unpaired) electrons. The van der Waals surface area contributed by atoms with E-state index in [4.69, 9.17) is 16.3 Å². The van der Waals surface area contributed by atoms with Crippen molar-refractivity contribution in [1.82, 2.24) is 9.55 Å². The molecule has 2 rings (SSSR count). The van der Waals surface area contributed by atoms with Gasteiger partial charge < -0.3 is 9.30 Å². The molecule has 19 heavy (non-hydrogen) atoms. The minimum Gasteiger partial charge on any atom is -0.466 e. The SMILES string of the molecule is CCOC(=O)Cc1nccn1Cc1ccc(Cl)cc1. The number of carbonyl (C=O) groups excluding carboxylic acids is 1. The minimum absolute atomic E-state index is 0.189. The first-order chi connectivity index (χ1) is 9.19. The second-order valence-corrected chi connectivity index (χ2v) is 4.52. The van der Waals surface area contributed by atoms with Crippen molar-refractivity contribution in [3.63, 3.8) is 0 Å². The molecule has 0 amide bonds. The highest BCUT2D eigenvalue weighted by Gasteiger charge is 2.10. The van der Waals surface area contributed by atoms with Gasteiger partial charge >= 0.3 is 5.97 Å². The highest BCUT2D eigenvalue weighted by Crippen LogP contribution is 2.12. The van der Waals surface area contributed by atoms with Crippen molar-refractivity contribution >= 4 is 17.6 Å². The van der Waals surface area contributed by atoms with Gasteiger partial charge in [0.1, 0.15) is 12.2 Å². The molecule has 0 fully saturated rings. The summed E-state index contributed by atoms with van der Waals surface area (Å²) in [7, 11) is 0. The van der Waals surface area contributed by atoms with Gasteiger partial charge in [-0.2, -0.15) is 0 Å². The van der Waals surface area contributed by atoms with Crippen molar-refractivity contribution in [3.8, 4) is 0 Å². The standard InChI is InChI=1S/C14H15ClN2O2/c1-2-19-14(18)9-13-16-7-8-17(13)10-11-3-5-12(15)6-4-11/h3-8H,2,9-10H2,1H3. The molecule has 0 aliphatic rings. The van der Waals surface area contributed by atoms with Crippen LogP contribution in [0.25, 0.3) is 0 Å². The Balaban J connectivity index is 2.07. The largest absolute Gasteiger partial charge is 0.466 e. The third-order valence-corrected chi connectivity index (χ3v) is 2.93. The predicted octanol–water partition coefficient (Wildman–Crippen LogP) is 2.69. The van der Waals surface area contributed by atoms with Gasteiger partial charge in [-0.25, -0.2) is 4.98 Å². The first-order valence-corrected chi connectivity index (χ1v) is 6.47. The first-order valence-electron chi connectivity index (χ1n) is 6.09. The Kier molecular flexibility index (Phi) is 4.58. The smallest absolute Gasteiger partial charge is 0.313 e. The van der Waals surface area contributed by atoms with E-state index in [0.717, 1.165) is 5.56 Å². The van der Waals surface area contributed by atoms with Gasteiger partial charge in [0.25, 0.3) is 0 Å². The van der Waals surface area contributed by atoms with E-state index >= 15 is 0 Å². The van der Waals surface area contributed by atoms with Gasteiger partial charge in [-0.1, -0.05) is 23.7 Å². The van der Waals surface area contributed by atoms with Crippen LogP contribution in [0.5, 0.6) is 0 Å². The number of imidazole rings is 1. The summed E-state index contributed by atoms with van der Waals surface area (Å²) in [5, 5.41) is 0.709. The van der Waals surface area contributed by atoms with Crippen molar-refractivity contribution in [2.45, 2.75) is 19.9 Å². The van der Waals surface area contributed by atoms with Crippen LogP contribution >= 0.6 is 11.6 Å². The number of hydrogen-bond donors (Lipinski definition) is 0. The monoisotopic (exact) mass is 278 g/mol. The lowest BCUT2D eigenvalue weighted by Gasteiger charge is -2.08. The summed E-state index contributed by atoms with van der Waals surface area (Å²) in [4.78, 5) is 15.7. The maximum Gasteiger partial charge on any atom is 0.313 e. The van der Waals surface area contributed by atoms with Crippen molar-refractivity contribution in [2.24, 2.45) is 0 Å². The minimum atomic E-state index is -0.258. The summed E-state index contributed by atoms with van der Waals surface area (Å²) in [6, 6.07) is 7.60. The number of carbonyl (C=O) groups is 1. The Labute approximate surface area is 117 Å². The van der Waals surface area contributed by atoms with Crippen LogP contribution in [0.4, 0.5) is 0 Å². The molecule has 0 spiro atoms. The molecule has 0 unspecified atom stereocenters. The van der Waals surface area contributed by atoms with Gasteiger partial charge in [0, 0.05) is 24.0 Å². The second-order valence-electron chi connectivity index (χ2n) is 4.08. The molecular formula is C14H15ClN2O2.